The highest BCUT2D eigenvalue weighted by molar-refractivity contribution is 5.82. The van der Waals surface area contributed by atoms with Crippen LogP contribution in [-0.2, 0) is 30.9 Å². The van der Waals surface area contributed by atoms with Crippen LogP contribution in [-0.4, -0.2) is 58.4 Å². The molecule has 1 fully saturated rings. The summed E-state index contributed by atoms with van der Waals surface area (Å²) in [5, 5.41) is 22.9. The number of hydrogen-bond acceptors (Lipinski definition) is 8. The van der Waals surface area contributed by atoms with E-state index in [2.05, 4.69) is 4.90 Å². The van der Waals surface area contributed by atoms with Crippen LogP contribution in [0, 0.1) is 5.92 Å². The number of ether oxygens (including phenoxy) is 3. The largest absolute Gasteiger partial charge is 0.504 e. The zero-order chi connectivity index (χ0) is 26.1. The normalized spacial score (nSPS) is 30.1. The number of nitrogens with zero attached hydrogens (tertiary/aromatic N) is 1. The number of phenolic OH excluding ortho intramolecular Hbond substituents is 1. The molecule has 0 amide bonds. The average molecular weight is 506 g/mol. The molecule has 37 heavy (non-hydrogen) atoms. The molecule has 0 radical (unpaired) electrons. The molecule has 2 aliphatic heterocycles. The molecule has 0 aromatic heterocycles. The summed E-state index contributed by atoms with van der Waals surface area (Å²) in [5.41, 5.74) is 0.317. The molecule has 194 valence electrons. The van der Waals surface area contributed by atoms with Gasteiger partial charge in [0, 0.05) is 23.6 Å². The van der Waals surface area contributed by atoms with Crippen LogP contribution in [0.5, 0.6) is 11.5 Å². The predicted molar refractivity (Wildman–Crippen MR) is 133 cm³/mol. The predicted octanol–water partition coefficient (Wildman–Crippen LogP) is 3.15. The Balaban J connectivity index is 1.39. The zero-order valence-corrected chi connectivity index (χ0v) is 21.1. The van der Waals surface area contributed by atoms with Gasteiger partial charge in [-0.05, 0) is 44.1 Å². The first-order valence-corrected chi connectivity index (χ1v) is 12.8. The van der Waals surface area contributed by atoms with E-state index in [0.717, 1.165) is 17.7 Å². The highest BCUT2D eigenvalue weighted by Gasteiger charge is 2.72. The number of rotatable bonds is 5. The number of hydrogen-bond donors (Lipinski definition) is 2. The zero-order valence-electron chi connectivity index (χ0n) is 21.1. The lowest BCUT2D eigenvalue weighted by atomic mass is 9.50. The Kier molecular flexibility index (Phi) is 5.40. The first-order valence-electron chi connectivity index (χ1n) is 12.8. The number of benzene rings is 2. The molecule has 2 aromatic carbocycles. The molecule has 8 heteroatoms. The maximum Gasteiger partial charge on any atom is 0.357 e. The second-order valence-corrected chi connectivity index (χ2v) is 10.9. The standard InChI is InChI=1S/C29H31NO7/c1-16(2)26(32)37-23(17-7-5-4-6-8-17)27(33)35-20-11-12-29(34)21-15-18-9-10-19(31)24-22(18)28(29,25(20)36-24)13-14-30(21)3/h4-11,16,21,23,25,31,34H,12-15H2,1-3H3/t21-,23+,25+,28+,29-/m1/s1. The van der Waals surface area contributed by atoms with Crippen LogP contribution in [0.25, 0.3) is 0 Å². The molecule has 6 rings (SSSR count). The van der Waals surface area contributed by atoms with Crippen molar-refractivity contribution in [3.05, 3.63) is 71.0 Å². The number of phenols is 1. The van der Waals surface area contributed by atoms with Crippen molar-refractivity contribution < 1.29 is 34.0 Å². The molecule has 5 atom stereocenters. The van der Waals surface area contributed by atoms with Gasteiger partial charge in [-0.25, -0.2) is 4.79 Å². The molecule has 2 aromatic rings. The number of piperidine rings is 1. The van der Waals surface area contributed by atoms with Crippen LogP contribution in [0.15, 0.2) is 54.3 Å². The molecule has 0 saturated carbocycles. The van der Waals surface area contributed by atoms with E-state index in [1.165, 1.54) is 0 Å². The van der Waals surface area contributed by atoms with Crippen molar-refractivity contribution in [3.63, 3.8) is 0 Å². The fourth-order valence-electron chi connectivity index (χ4n) is 6.74. The van der Waals surface area contributed by atoms with E-state index >= 15 is 0 Å². The summed E-state index contributed by atoms with van der Waals surface area (Å²) in [4.78, 5) is 28.2. The number of likely N-dealkylation sites (N-methyl/N-ethyl adjacent to an activating group) is 1. The Labute approximate surface area is 215 Å². The summed E-state index contributed by atoms with van der Waals surface area (Å²) in [7, 11) is 2.01. The van der Waals surface area contributed by atoms with Crippen LogP contribution in [0.3, 0.4) is 0 Å². The van der Waals surface area contributed by atoms with Crippen molar-refractivity contribution in [1.82, 2.24) is 4.90 Å². The van der Waals surface area contributed by atoms with E-state index in [9.17, 15) is 19.8 Å². The second-order valence-electron chi connectivity index (χ2n) is 10.9. The lowest BCUT2D eigenvalue weighted by Crippen LogP contribution is -2.74. The highest BCUT2D eigenvalue weighted by atomic mass is 16.6. The fourth-order valence-corrected chi connectivity index (χ4v) is 6.74. The summed E-state index contributed by atoms with van der Waals surface area (Å²) >= 11 is 0. The first kappa shape index (κ1) is 24.0. The van der Waals surface area contributed by atoms with Gasteiger partial charge in [-0.1, -0.05) is 50.2 Å². The van der Waals surface area contributed by atoms with Gasteiger partial charge in [-0.15, -0.1) is 0 Å². The minimum Gasteiger partial charge on any atom is -0.504 e. The van der Waals surface area contributed by atoms with E-state index in [1.54, 1.807) is 50.3 Å². The van der Waals surface area contributed by atoms with Crippen molar-refractivity contribution in [1.29, 1.82) is 0 Å². The number of esters is 2. The molecule has 2 heterocycles. The van der Waals surface area contributed by atoms with Crippen molar-refractivity contribution in [2.24, 2.45) is 5.92 Å². The molecular formula is C29H31NO7. The highest BCUT2D eigenvalue weighted by Crippen LogP contribution is 2.65. The topological polar surface area (TPSA) is 106 Å². The minimum absolute atomic E-state index is 0.000884. The third kappa shape index (κ3) is 3.28. The van der Waals surface area contributed by atoms with E-state index in [4.69, 9.17) is 14.2 Å². The lowest BCUT2D eigenvalue weighted by molar-refractivity contribution is -0.177. The maximum absolute atomic E-state index is 13.5. The average Bonchev–Trinajstić information content (AvgIpc) is 3.24. The van der Waals surface area contributed by atoms with Gasteiger partial charge in [-0.3, -0.25) is 4.79 Å². The van der Waals surface area contributed by atoms with Crippen LogP contribution in [0.4, 0.5) is 0 Å². The Bertz CT molecular complexity index is 1300. The number of likely N-dealkylation sites (tertiary alicyclic amines) is 1. The third-order valence-electron chi connectivity index (χ3n) is 8.59. The van der Waals surface area contributed by atoms with Gasteiger partial charge >= 0.3 is 11.9 Å². The summed E-state index contributed by atoms with van der Waals surface area (Å²) in [6, 6.07) is 12.1. The maximum atomic E-state index is 13.5. The molecular weight excluding hydrogens is 474 g/mol. The van der Waals surface area contributed by atoms with E-state index in [0.29, 0.717) is 24.2 Å². The van der Waals surface area contributed by atoms with E-state index in [1.807, 2.05) is 19.2 Å². The molecule has 8 nitrogen and oxygen atoms in total. The van der Waals surface area contributed by atoms with Gasteiger partial charge < -0.3 is 29.3 Å². The second kappa shape index (κ2) is 8.33. The fraction of sp³-hybridized carbons (Fsp3) is 0.448. The number of aliphatic hydroxyl groups is 1. The molecule has 0 unspecified atom stereocenters. The van der Waals surface area contributed by atoms with Crippen molar-refractivity contribution in [2.75, 3.05) is 13.6 Å². The van der Waals surface area contributed by atoms with Crippen LogP contribution < -0.4 is 4.74 Å². The monoisotopic (exact) mass is 505 g/mol. The Morgan fingerprint density at radius 3 is 2.62 bits per heavy atom. The van der Waals surface area contributed by atoms with Gasteiger partial charge in [0.2, 0.25) is 6.10 Å². The van der Waals surface area contributed by atoms with Crippen LogP contribution >= 0.6 is 0 Å². The first-order chi connectivity index (χ1) is 17.7. The molecule has 2 bridgehead atoms. The van der Waals surface area contributed by atoms with Gasteiger partial charge in [0.15, 0.2) is 17.6 Å². The Morgan fingerprint density at radius 2 is 1.89 bits per heavy atom. The van der Waals surface area contributed by atoms with Gasteiger partial charge in [-0.2, -0.15) is 0 Å². The van der Waals surface area contributed by atoms with Crippen molar-refractivity contribution in [2.45, 2.75) is 62.4 Å². The molecule has 2 N–H and O–H groups in total. The lowest BCUT2D eigenvalue weighted by Gasteiger charge is -2.61. The van der Waals surface area contributed by atoms with Crippen molar-refractivity contribution >= 4 is 11.9 Å². The van der Waals surface area contributed by atoms with Gasteiger partial charge in [0.25, 0.3) is 0 Å². The number of aromatic hydroxyl groups is 1. The Morgan fingerprint density at radius 1 is 1.14 bits per heavy atom. The van der Waals surface area contributed by atoms with E-state index < -0.39 is 41.1 Å². The smallest absolute Gasteiger partial charge is 0.357 e. The molecule has 1 spiro atoms. The number of carbonyl (C=O) groups excluding carboxylic acids is 2. The van der Waals surface area contributed by atoms with Crippen LogP contribution in [0.2, 0.25) is 0 Å². The number of carbonyl (C=O) groups is 2. The molecule has 4 aliphatic rings. The molecule has 2 aliphatic carbocycles. The van der Waals surface area contributed by atoms with Crippen molar-refractivity contribution in [3.8, 4) is 11.5 Å². The summed E-state index contributed by atoms with van der Waals surface area (Å²) in [6.07, 6.45) is 1.14. The van der Waals surface area contributed by atoms with Crippen LogP contribution in [0.1, 0.15) is 49.5 Å². The molecule has 1 saturated heterocycles. The summed E-state index contributed by atoms with van der Waals surface area (Å²) < 4.78 is 17.9. The third-order valence-corrected chi connectivity index (χ3v) is 8.59. The summed E-state index contributed by atoms with van der Waals surface area (Å²) in [6.45, 7) is 4.13. The Hall–Kier alpha value is -3.36. The minimum atomic E-state index is -1.25. The van der Waals surface area contributed by atoms with E-state index in [-0.39, 0.29) is 24.0 Å². The van der Waals surface area contributed by atoms with Gasteiger partial charge in [0.05, 0.1) is 16.9 Å². The summed E-state index contributed by atoms with van der Waals surface area (Å²) in [5.74, 6) is -1.06. The van der Waals surface area contributed by atoms with Gasteiger partial charge in [0.1, 0.15) is 5.76 Å². The quantitative estimate of drug-likeness (QED) is 0.597. The SMILES string of the molecule is CC(C)C(=O)O[C@H](C(=O)OC1=CC[C@@]2(O)[C@H]3Cc4ccc(O)c5c4[C@@]2(CCN3C)[C@H]1O5)c1ccccc1.